The van der Waals surface area contributed by atoms with Gasteiger partial charge in [-0.25, -0.2) is 4.98 Å². The SMILES string of the molecule is Cc1ccc(N(CC(=O)NC[C@@H]2CCCO2)C(=O)CCC(=O)Nc2ccccn2)cc1C. The minimum atomic E-state index is -0.306. The van der Waals surface area contributed by atoms with E-state index in [9.17, 15) is 14.4 Å². The zero-order chi connectivity index (χ0) is 22.9. The first-order chi connectivity index (χ1) is 15.4. The summed E-state index contributed by atoms with van der Waals surface area (Å²) in [4.78, 5) is 43.3. The molecule has 2 heterocycles. The fourth-order valence-electron chi connectivity index (χ4n) is 3.45. The molecule has 1 saturated heterocycles. The Bertz CT molecular complexity index is 942. The molecule has 2 aromatic rings. The van der Waals surface area contributed by atoms with Crippen LogP contribution in [-0.2, 0) is 19.1 Å². The summed E-state index contributed by atoms with van der Waals surface area (Å²) in [5.41, 5.74) is 2.75. The van der Waals surface area contributed by atoms with Crippen molar-refractivity contribution >= 4 is 29.2 Å². The summed E-state index contributed by atoms with van der Waals surface area (Å²) in [6.45, 7) is 4.98. The van der Waals surface area contributed by atoms with Crippen LogP contribution in [0.1, 0.15) is 36.8 Å². The highest BCUT2D eigenvalue weighted by Crippen LogP contribution is 2.20. The largest absolute Gasteiger partial charge is 0.376 e. The summed E-state index contributed by atoms with van der Waals surface area (Å²) in [6, 6.07) is 10.8. The summed E-state index contributed by atoms with van der Waals surface area (Å²) in [6.07, 6.45) is 3.50. The first kappa shape index (κ1) is 23.4. The van der Waals surface area contributed by atoms with Gasteiger partial charge in [0.2, 0.25) is 17.7 Å². The number of ether oxygens (including phenoxy) is 1. The highest BCUT2D eigenvalue weighted by molar-refractivity contribution is 6.01. The number of aryl methyl sites for hydroxylation is 2. The molecule has 8 heteroatoms. The molecule has 32 heavy (non-hydrogen) atoms. The van der Waals surface area contributed by atoms with Crippen molar-refractivity contribution in [2.75, 3.05) is 29.9 Å². The molecule has 1 aliphatic heterocycles. The number of anilines is 2. The van der Waals surface area contributed by atoms with Gasteiger partial charge in [-0.2, -0.15) is 0 Å². The van der Waals surface area contributed by atoms with Crippen LogP contribution in [0, 0.1) is 13.8 Å². The summed E-state index contributed by atoms with van der Waals surface area (Å²) in [5, 5.41) is 5.53. The molecule has 0 radical (unpaired) electrons. The van der Waals surface area contributed by atoms with Gasteiger partial charge in [0.1, 0.15) is 12.4 Å². The number of rotatable bonds is 9. The molecule has 0 aliphatic carbocycles. The molecule has 1 atom stereocenters. The lowest BCUT2D eigenvalue weighted by atomic mass is 10.1. The van der Waals surface area contributed by atoms with Gasteiger partial charge in [0.15, 0.2) is 0 Å². The van der Waals surface area contributed by atoms with Crippen LogP contribution in [0.2, 0.25) is 0 Å². The number of carbonyl (C=O) groups excluding carboxylic acids is 3. The highest BCUT2D eigenvalue weighted by atomic mass is 16.5. The normalized spacial score (nSPS) is 15.2. The van der Waals surface area contributed by atoms with E-state index in [2.05, 4.69) is 15.6 Å². The first-order valence-electron chi connectivity index (χ1n) is 10.9. The van der Waals surface area contributed by atoms with E-state index in [1.54, 1.807) is 24.4 Å². The number of aromatic nitrogens is 1. The van der Waals surface area contributed by atoms with Crippen LogP contribution < -0.4 is 15.5 Å². The van der Waals surface area contributed by atoms with Gasteiger partial charge in [0.25, 0.3) is 0 Å². The van der Waals surface area contributed by atoms with E-state index in [0.717, 1.165) is 24.0 Å². The van der Waals surface area contributed by atoms with Crippen molar-refractivity contribution in [2.45, 2.75) is 45.6 Å². The fraction of sp³-hybridized carbons (Fsp3) is 0.417. The number of pyridine rings is 1. The van der Waals surface area contributed by atoms with Crippen LogP contribution >= 0.6 is 0 Å². The van der Waals surface area contributed by atoms with E-state index in [4.69, 9.17) is 4.74 Å². The van der Waals surface area contributed by atoms with Crippen LogP contribution in [0.25, 0.3) is 0 Å². The molecule has 170 valence electrons. The van der Waals surface area contributed by atoms with Gasteiger partial charge in [-0.05, 0) is 62.1 Å². The minimum absolute atomic E-state index is 0.00567. The van der Waals surface area contributed by atoms with Crippen molar-refractivity contribution in [1.82, 2.24) is 10.3 Å². The average molecular weight is 439 g/mol. The molecule has 2 N–H and O–H groups in total. The number of hydrogen-bond donors (Lipinski definition) is 2. The van der Waals surface area contributed by atoms with Crippen LogP contribution in [0.5, 0.6) is 0 Å². The summed E-state index contributed by atoms with van der Waals surface area (Å²) in [5.74, 6) is -0.425. The van der Waals surface area contributed by atoms with Crippen molar-refractivity contribution in [3.63, 3.8) is 0 Å². The summed E-state index contributed by atoms with van der Waals surface area (Å²) < 4.78 is 5.54. The average Bonchev–Trinajstić information content (AvgIpc) is 3.31. The van der Waals surface area contributed by atoms with Crippen molar-refractivity contribution in [3.05, 3.63) is 53.7 Å². The molecule has 1 aromatic carbocycles. The predicted molar refractivity (Wildman–Crippen MR) is 122 cm³/mol. The number of benzene rings is 1. The third-order valence-corrected chi connectivity index (χ3v) is 5.45. The number of nitrogens with zero attached hydrogens (tertiary/aromatic N) is 2. The standard InChI is InChI=1S/C24H30N4O4/c1-17-8-9-19(14-18(17)2)28(16-23(30)26-15-20-6-5-13-32-20)24(31)11-10-22(29)27-21-7-3-4-12-25-21/h3-4,7-9,12,14,20H,5-6,10-11,13,15-16H2,1-2H3,(H,26,30)(H,25,27,29)/t20-/m0/s1. The van der Waals surface area contributed by atoms with Gasteiger partial charge >= 0.3 is 0 Å². The number of hydrogen-bond acceptors (Lipinski definition) is 5. The maximum absolute atomic E-state index is 13.0. The molecule has 0 bridgehead atoms. The highest BCUT2D eigenvalue weighted by Gasteiger charge is 2.22. The first-order valence-corrected chi connectivity index (χ1v) is 10.9. The lowest BCUT2D eigenvalue weighted by Crippen LogP contribution is -2.43. The molecule has 1 fully saturated rings. The van der Waals surface area contributed by atoms with Crippen molar-refractivity contribution in [2.24, 2.45) is 0 Å². The molecular formula is C24H30N4O4. The van der Waals surface area contributed by atoms with Crippen molar-refractivity contribution < 1.29 is 19.1 Å². The Labute approximate surface area is 188 Å². The van der Waals surface area contributed by atoms with Crippen LogP contribution in [0.15, 0.2) is 42.6 Å². The lowest BCUT2D eigenvalue weighted by Gasteiger charge is -2.23. The number of carbonyl (C=O) groups is 3. The van der Waals surface area contributed by atoms with Gasteiger partial charge in [0.05, 0.1) is 6.10 Å². The fourth-order valence-corrected chi connectivity index (χ4v) is 3.45. The van der Waals surface area contributed by atoms with Crippen molar-refractivity contribution in [3.8, 4) is 0 Å². The maximum atomic E-state index is 13.0. The molecular weight excluding hydrogens is 408 g/mol. The topological polar surface area (TPSA) is 101 Å². The Morgan fingerprint density at radius 3 is 2.62 bits per heavy atom. The molecule has 1 aliphatic rings. The van der Waals surface area contributed by atoms with E-state index >= 15 is 0 Å². The zero-order valence-electron chi connectivity index (χ0n) is 18.6. The molecule has 3 rings (SSSR count). The Hall–Kier alpha value is -3.26. The Morgan fingerprint density at radius 1 is 1.09 bits per heavy atom. The van der Waals surface area contributed by atoms with Crippen LogP contribution in [0.3, 0.4) is 0 Å². The maximum Gasteiger partial charge on any atom is 0.240 e. The van der Waals surface area contributed by atoms with Gasteiger partial charge in [-0.15, -0.1) is 0 Å². The summed E-state index contributed by atoms with van der Waals surface area (Å²) >= 11 is 0. The summed E-state index contributed by atoms with van der Waals surface area (Å²) in [7, 11) is 0. The van der Waals surface area contributed by atoms with E-state index < -0.39 is 0 Å². The third kappa shape index (κ3) is 6.88. The zero-order valence-corrected chi connectivity index (χ0v) is 18.6. The minimum Gasteiger partial charge on any atom is -0.376 e. The van der Waals surface area contributed by atoms with Gasteiger partial charge in [-0.1, -0.05) is 12.1 Å². The third-order valence-electron chi connectivity index (χ3n) is 5.45. The van der Waals surface area contributed by atoms with Crippen LogP contribution in [-0.4, -0.2) is 48.5 Å². The molecule has 0 unspecified atom stereocenters. The number of nitrogens with one attached hydrogen (secondary N) is 2. The molecule has 3 amide bonds. The number of amides is 3. The van der Waals surface area contributed by atoms with Gasteiger partial charge in [0, 0.05) is 37.9 Å². The smallest absolute Gasteiger partial charge is 0.240 e. The van der Waals surface area contributed by atoms with Crippen molar-refractivity contribution in [1.29, 1.82) is 0 Å². The Morgan fingerprint density at radius 2 is 1.94 bits per heavy atom. The molecule has 0 spiro atoms. The van der Waals surface area contributed by atoms with E-state index in [-0.39, 0.29) is 43.2 Å². The second-order valence-electron chi connectivity index (χ2n) is 7.95. The van der Waals surface area contributed by atoms with Gasteiger partial charge in [-0.3, -0.25) is 14.4 Å². The molecule has 1 aromatic heterocycles. The Balaban J connectivity index is 1.62. The molecule has 8 nitrogen and oxygen atoms in total. The second kappa shape index (κ2) is 11.4. The van der Waals surface area contributed by atoms with E-state index in [1.165, 1.54) is 4.90 Å². The lowest BCUT2D eigenvalue weighted by molar-refractivity contribution is -0.125. The second-order valence-corrected chi connectivity index (χ2v) is 7.95. The Kier molecular flexibility index (Phi) is 8.33. The van der Waals surface area contributed by atoms with E-state index in [1.807, 2.05) is 32.0 Å². The van der Waals surface area contributed by atoms with Crippen LogP contribution in [0.4, 0.5) is 11.5 Å². The van der Waals surface area contributed by atoms with Gasteiger partial charge < -0.3 is 20.3 Å². The van der Waals surface area contributed by atoms with E-state index in [0.29, 0.717) is 24.7 Å². The predicted octanol–water partition coefficient (Wildman–Crippen LogP) is 2.75. The molecule has 0 saturated carbocycles. The monoisotopic (exact) mass is 438 g/mol. The quantitative estimate of drug-likeness (QED) is 0.627.